The number of aromatic nitrogens is 4. The summed E-state index contributed by atoms with van der Waals surface area (Å²) in [7, 11) is 1.91. The van der Waals surface area contributed by atoms with Crippen LogP contribution in [-0.2, 0) is 13.5 Å². The molecule has 0 saturated carbocycles. The molecular formula is C10H13N5O. The summed E-state index contributed by atoms with van der Waals surface area (Å²) < 4.78 is 7.08. The van der Waals surface area contributed by atoms with Gasteiger partial charge in [0.15, 0.2) is 5.82 Å². The van der Waals surface area contributed by atoms with Crippen molar-refractivity contribution in [2.75, 3.05) is 13.1 Å². The van der Waals surface area contributed by atoms with Crippen LogP contribution in [-0.4, -0.2) is 32.8 Å². The van der Waals surface area contributed by atoms with Crippen LogP contribution in [0, 0.1) is 5.92 Å². The third-order valence-corrected chi connectivity index (χ3v) is 2.82. The van der Waals surface area contributed by atoms with Crippen molar-refractivity contribution in [3.05, 3.63) is 18.3 Å². The Balaban J connectivity index is 1.79. The zero-order valence-electron chi connectivity index (χ0n) is 9.05. The largest absolute Gasteiger partial charge is 0.339 e. The summed E-state index contributed by atoms with van der Waals surface area (Å²) in [6.45, 7) is 2.08. The number of nitrogens with zero attached hydrogens (tertiary/aromatic N) is 4. The molecule has 3 heterocycles. The predicted molar refractivity (Wildman–Crippen MR) is 56.6 cm³/mol. The number of hydrogen-bond acceptors (Lipinski definition) is 5. The molecule has 3 rings (SSSR count). The van der Waals surface area contributed by atoms with Crippen LogP contribution < -0.4 is 5.32 Å². The molecule has 0 bridgehead atoms. The van der Waals surface area contributed by atoms with E-state index in [2.05, 4.69) is 20.4 Å². The minimum absolute atomic E-state index is 0.565. The Morgan fingerprint density at radius 2 is 2.44 bits per heavy atom. The van der Waals surface area contributed by atoms with Gasteiger partial charge in [-0.05, 0) is 19.0 Å². The Hall–Kier alpha value is -1.69. The maximum Gasteiger partial charge on any atom is 0.238 e. The first-order valence-electron chi connectivity index (χ1n) is 5.34. The summed E-state index contributed by atoms with van der Waals surface area (Å²) in [4.78, 5) is 8.52. The summed E-state index contributed by atoms with van der Waals surface area (Å²) in [5, 5.41) is 7.16. The van der Waals surface area contributed by atoms with E-state index in [4.69, 9.17) is 4.52 Å². The van der Waals surface area contributed by atoms with Crippen molar-refractivity contribution in [1.82, 2.24) is 25.0 Å². The molecule has 1 saturated heterocycles. The van der Waals surface area contributed by atoms with Gasteiger partial charge in [-0.1, -0.05) is 5.16 Å². The number of nitrogens with one attached hydrogen (secondary N) is 1. The molecule has 2 aromatic rings. The van der Waals surface area contributed by atoms with Crippen LogP contribution in [0.15, 0.2) is 16.9 Å². The van der Waals surface area contributed by atoms with Gasteiger partial charge in [-0.25, -0.2) is 4.98 Å². The van der Waals surface area contributed by atoms with Crippen LogP contribution in [0.2, 0.25) is 0 Å². The van der Waals surface area contributed by atoms with Crippen molar-refractivity contribution in [1.29, 1.82) is 0 Å². The van der Waals surface area contributed by atoms with Gasteiger partial charge in [-0.3, -0.25) is 0 Å². The number of rotatable bonds is 3. The molecular weight excluding hydrogens is 206 g/mol. The van der Waals surface area contributed by atoms with Gasteiger partial charge in [0.25, 0.3) is 0 Å². The van der Waals surface area contributed by atoms with Crippen molar-refractivity contribution in [3.8, 4) is 11.6 Å². The van der Waals surface area contributed by atoms with Gasteiger partial charge in [0.05, 0.1) is 0 Å². The summed E-state index contributed by atoms with van der Waals surface area (Å²) in [6, 6.07) is 0. The normalized spacial score (nSPS) is 16.3. The summed E-state index contributed by atoms with van der Waals surface area (Å²) in [5.74, 6) is 2.63. The highest BCUT2D eigenvalue weighted by Gasteiger charge is 2.21. The highest BCUT2D eigenvalue weighted by molar-refractivity contribution is 5.42. The SMILES string of the molecule is Cn1ccnc1-c1noc(CC2CNC2)n1. The lowest BCUT2D eigenvalue weighted by atomic mass is 10.00. The van der Waals surface area contributed by atoms with E-state index in [0.29, 0.717) is 17.6 Å². The fourth-order valence-electron chi connectivity index (χ4n) is 1.75. The Kier molecular flexibility index (Phi) is 2.21. The van der Waals surface area contributed by atoms with E-state index >= 15 is 0 Å². The Morgan fingerprint density at radius 3 is 3.06 bits per heavy atom. The molecule has 2 aromatic heterocycles. The zero-order chi connectivity index (χ0) is 11.0. The molecule has 16 heavy (non-hydrogen) atoms. The van der Waals surface area contributed by atoms with E-state index < -0.39 is 0 Å². The lowest BCUT2D eigenvalue weighted by Crippen LogP contribution is -2.43. The average molecular weight is 219 g/mol. The highest BCUT2D eigenvalue weighted by Crippen LogP contribution is 2.15. The number of hydrogen-bond donors (Lipinski definition) is 1. The fraction of sp³-hybridized carbons (Fsp3) is 0.500. The Labute approximate surface area is 92.7 Å². The van der Waals surface area contributed by atoms with Gasteiger partial charge >= 0.3 is 0 Å². The van der Waals surface area contributed by atoms with E-state index in [-0.39, 0.29) is 0 Å². The Morgan fingerprint density at radius 1 is 1.56 bits per heavy atom. The molecule has 1 fully saturated rings. The molecule has 6 heteroatoms. The molecule has 0 radical (unpaired) electrons. The van der Waals surface area contributed by atoms with Gasteiger partial charge in [0, 0.05) is 25.9 Å². The molecule has 1 aliphatic heterocycles. The quantitative estimate of drug-likeness (QED) is 0.800. The van der Waals surface area contributed by atoms with Crippen LogP contribution in [0.25, 0.3) is 11.6 Å². The van der Waals surface area contributed by atoms with Crippen molar-refractivity contribution in [3.63, 3.8) is 0 Å². The van der Waals surface area contributed by atoms with E-state index in [1.54, 1.807) is 6.20 Å². The molecule has 0 amide bonds. The molecule has 84 valence electrons. The van der Waals surface area contributed by atoms with Gasteiger partial charge in [0.2, 0.25) is 11.7 Å². The standard InChI is InChI=1S/C10H13N5O/c1-15-3-2-12-10(15)9-13-8(16-14-9)4-7-5-11-6-7/h2-3,7,11H,4-6H2,1H3. The van der Waals surface area contributed by atoms with Crippen LogP contribution in [0.1, 0.15) is 5.89 Å². The third-order valence-electron chi connectivity index (χ3n) is 2.82. The molecule has 6 nitrogen and oxygen atoms in total. The first-order chi connectivity index (χ1) is 7.83. The first-order valence-corrected chi connectivity index (χ1v) is 5.34. The zero-order valence-corrected chi connectivity index (χ0v) is 9.05. The third kappa shape index (κ3) is 1.61. The van der Waals surface area contributed by atoms with Crippen molar-refractivity contribution >= 4 is 0 Å². The highest BCUT2D eigenvalue weighted by atomic mass is 16.5. The van der Waals surface area contributed by atoms with Gasteiger partial charge in [-0.15, -0.1) is 0 Å². The summed E-state index contributed by atoms with van der Waals surface area (Å²) >= 11 is 0. The molecule has 0 aromatic carbocycles. The minimum Gasteiger partial charge on any atom is -0.339 e. The van der Waals surface area contributed by atoms with Crippen molar-refractivity contribution < 1.29 is 4.52 Å². The van der Waals surface area contributed by atoms with Gasteiger partial charge in [0.1, 0.15) is 0 Å². The van der Waals surface area contributed by atoms with E-state index in [0.717, 1.165) is 25.3 Å². The topological polar surface area (TPSA) is 68.8 Å². The molecule has 0 aliphatic carbocycles. The minimum atomic E-state index is 0.565. The van der Waals surface area contributed by atoms with Gasteiger partial charge < -0.3 is 14.4 Å². The maximum absolute atomic E-state index is 5.21. The smallest absolute Gasteiger partial charge is 0.238 e. The molecule has 1 aliphatic rings. The second-order valence-corrected chi connectivity index (χ2v) is 4.10. The Bertz CT molecular complexity index is 485. The lowest BCUT2D eigenvalue weighted by molar-refractivity contribution is 0.296. The summed E-state index contributed by atoms with van der Waals surface area (Å²) in [5.41, 5.74) is 0. The van der Waals surface area contributed by atoms with Crippen LogP contribution >= 0.6 is 0 Å². The lowest BCUT2D eigenvalue weighted by Gasteiger charge is -2.25. The number of aryl methyl sites for hydroxylation is 1. The second kappa shape index (κ2) is 3.71. The molecule has 0 unspecified atom stereocenters. The maximum atomic E-state index is 5.21. The van der Waals surface area contributed by atoms with Crippen molar-refractivity contribution in [2.45, 2.75) is 6.42 Å². The predicted octanol–water partition coefficient (Wildman–Crippen LogP) is 0.232. The monoisotopic (exact) mass is 219 g/mol. The molecule has 1 N–H and O–H groups in total. The van der Waals surface area contributed by atoms with Gasteiger partial charge in [-0.2, -0.15) is 4.98 Å². The fourth-order valence-corrected chi connectivity index (χ4v) is 1.75. The van der Waals surface area contributed by atoms with Crippen LogP contribution in [0.4, 0.5) is 0 Å². The number of imidazole rings is 1. The first kappa shape index (κ1) is 9.53. The van der Waals surface area contributed by atoms with Crippen molar-refractivity contribution in [2.24, 2.45) is 13.0 Å². The second-order valence-electron chi connectivity index (χ2n) is 4.10. The summed E-state index contributed by atoms with van der Waals surface area (Å²) in [6.07, 6.45) is 4.44. The van der Waals surface area contributed by atoms with E-state index in [1.165, 1.54) is 0 Å². The van der Waals surface area contributed by atoms with E-state index in [1.807, 2.05) is 17.8 Å². The van der Waals surface area contributed by atoms with E-state index in [9.17, 15) is 0 Å². The van der Waals surface area contributed by atoms with Crippen LogP contribution in [0.3, 0.4) is 0 Å². The molecule has 0 atom stereocenters. The van der Waals surface area contributed by atoms with Crippen LogP contribution in [0.5, 0.6) is 0 Å². The molecule has 0 spiro atoms. The average Bonchev–Trinajstić information content (AvgIpc) is 2.80.